The SMILES string of the molecule is O=C1CC[C@@H](C(=O)Nc2ccccc2C#Cc2ccccc2)N1. The molecule has 4 heteroatoms. The van der Waals surface area contributed by atoms with Crippen molar-refractivity contribution >= 4 is 17.5 Å². The van der Waals surface area contributed by atoms with Crippen LogP contribution in [0.3, 0.4) is 0 Å². The van der Waals surface area contributed by atoms with Crippen molar-refractivity contribution in [1.29, 1.82) is 0 Å². The average Bonchev–Trinajstić information content (AvgIpc) is 3.02. The molecule has 2 aromatic rings. The van der Waals surface area contributed by atoms with E-state index in [1.165, 1.54) is 0 Å². The average molecular weight is 304 g/mol. The number of hydrogen-bond acceptors (Lipinski definition) is 2. The van der Waals surface area contributed by atoms with Crippen LogP contribution in [-0.4, -0.2) is 17.9 Å². The van der Waals surface area contributed by atoms with E-state index in [9.17, 15) is 9.59 Å². The Balaban J connectivity index is 1.77. The molecule has 0 aliphatic carbocycles. The van der Waals surface area contributed by atoms with Crippen molar-refractivity contribution in [2.75, 3.05) is 5.32 Å². The molecule has 1 fully saturated rings. The van der Waals surface area contributed by atoms with Crippen molar-refractivity contribution in [3.8, 4) is 11.8 Å². The van der Waals surface area contributed by atoms with E-state index in [2.05, 4.69) is 22.5 Å². The van der Waals surface area contributed by atoms with Crippen molar-refractivity contribution in [3.05, 3.63) is 65.7 Å². The van der Waals surface area contributed by atoms with E-state index in [1.54, 1.807) is 0 Å². The lowest BCUT2D eigenvalue weighted by atomic mass is 10.1. The molecule has 0 aromatic heterocycles. The second-order valence-electron chi connectivity index (χ2n) is 5.31. The van der Waals surface area contributed by atoms with Crippen LogP contribution in [-0.2, 0) is 9.59 Å². The van der Waals surface area contributed by atoms with E-state index in [4.69, 9.17) is 0 Å². The number of carbonyl (C=O) groups is 2. The lowest BCUT2D eigenvalue weighted by molar-refractivity contribution is -0.122. The van der Waals surface area contributed by atoms with Crippen molar-refractivity contribution in [2.45, 2.75) is 18.9 Å². The molecule has 1 heterocycles. The third-order valence-electron chi connectivity index (χ3n) is 3.61. The number of amides is 2. The van der Waals surface area contributed by atoms with Gasteiger partial charge in [-0.25, -0.2) is 0 Å². The lowest BCUT2D eigenvalue weighted by Crippen LogP contribution is -2.37. The second kappa shape index (κ2) is 6.80. The summed E-state index contributed by atoms with van der Waals surface area (Å²) in [6, 6.07) is 16.6. The van der Waals surface area contributed by atoms with E-state index >= 15 is 0 Å². The van der Waals surface area contributed by atoms with Crippen molar-refractivity contribution in [1.82, 2.24) is 5.32 Å². The number of benzene rings is 2. The minimum absolute atomic E-state index is 0.0812. The van der Waals surface area contributed by atoms with Crippen molar-refractivity contribution < 1.29 is 9.59 Å². The molecule has 114 valence electrons. The Bertz CT molecular complexity index is 788. The second-order valence-corrected chi connectivity index (χ2v) is 5.31. The molecule has 0 bridgehead atoms. The maximum atomic E-state index is 12.2. The van der Waals surface area contributed by atoms with Gasteiger partial charge in [0.1, 0.15) is 6.04 Å². The van der Waals surface area contributed by atoms with Crippen molar-refractivity contribution in [3.63, 3.8) is 0 Å². The minimum atomic E-state index is -0.461. The molecular formula is C19H16N2O2. The molecule has 1 atom stereocenters. The molecule has 1 aliphatic rings. The highest BCUT2D eigenvalue weighted by atomic mass is 16.2. The Hall–Kier alpha value is -3.06. The fourth-order valence-corrected chi connectivity index (χ4v) is 2.39. The van der Waals surface area contributed by atoms with Gasteiger partial charge in [0, 0.05) is 17.5 Å². The summed E-state index contributed by atoms with van der Waals surface area (Å²) in [5.74, 6) is 5.88. The van der Waals surface area contributed by atoms with Gasteiger partial charge in [-0.1, -0.05) is 42.2 Å². The molecule has 0 unspecified atom stereocenters. The van der Waals surface area contributed by atoms with Gasteiger partial charge in [-0.2, -0.15) is 0 Å². The highest BCUT2D eigenvalue weighted by molar-refractivity contribution is 5.99. The Morgan fingerprint density at radius 3 is 2.52 bits per heavy atom. The van der Waals surface area contributed by atoms with Crippen LogP contribution in [0.1, 0.15) is 24.0 Å². The zero-order valence-electron chi connectivity index (χ0n) is 12.5. The molecule has 1 saturated heterocycles. The molecule has 2 N–H and O–H groups in total. The van der Waals surface area contributed by atoms with Crippen LogP contribution in [0, 0.1) is 11.8 Å². The van der Waals surface area contributed by atoms with Gasteiger partial charge in [-0.3, -0.25) is 9.59 Å². The fraction of sp³-hybridized carbons (Fsp3) is 0.158. The molecule has 3 rings (SSSR count). The zero-order chi connectivity index (χ0) is 16.1. The van der Waals surface area contributed by atoms with Crippen LogP contribution in [0.2, 0.25) is 0 Å². The minimum Gasteiger partial charge on any atom is -0.344 e. The largest absolute Gasteiger partial charge is 0.344 e. The summed E-state index contributed by atoms with van der Waals surface area (Å²) in [5.41, 5.74) is 2.31. The first kappa shape index (κ1) is 14.9. The predicted octanol–water partition coefficient (Wildman–Crippen LogP) is 2.30. The number of anilines is 1. The van der Waals surface area contributed by atoms with Gasteiger partial charge in [0.2, 0.25) is 11.8 Å². The smallest absolute Gasteiger partial charge is 0.246 e. The zero-order valence-corrected chi connectivity index (χ0v) is 12.5. The standard InChI is InChI=1S/C19H16N2O2/c22-18-13-12-17(20-18)19(23)21-16-9-5-4-8-15(16)11-10-14-6-2-1-3-7-14/h1-9,17H,12-13H2,(H,20,22)(H,21,23)/t17-/m0/s1. The van der Waals surface area contributed by atoms with E-state index in [0.29, 0.717) is 18.5 Å². The van der Waals surface area contributed by atoms with E-state index in [0.717, 1.165) is 11.1 Å². The number of hydrogen-bond donors (Lipinski definition) is 2. The molecule has 2 amide bonds. The summed E-state index contributed by atoms with van der Waals surface area (Å²) in [5, 5.41) is 5.52. The normalized spacial score (nSPS) is 16.2. The Labute approximate surface area is 134 Å². The third-order valence-corrected chi connectivity index (χ3v) is 3.61. The van der Waals surface area contributed by atoms with E-state index < -0.39 is 6.04 Å². The monoisotopic (exact) mass is 304 g/mol. The van der Waals surface area contributed by atoms with Gasteiger partial charge in [-0.15, -0.1) is 0 Å². The molecule has 1 aliphatic heterocycles. The van der Waals surface area contributed by atoms with Gasteiger partial charge in [0.05, 0.1) is 5.69 Å². The van der Waals surface area contributed by atoms with Crippen LogP contribution in [0.25, 0.3) is 0 Å². The van der Waals surface area contributed by atoms with Crippen LogP contribution in [0.5, 0.6) is 0 Å². The predicted molar refractivity (Wildman–Crippen MR) is 88.7 cm³/mol. The maximum absolute atomic E-state index is 12.2. The first-order valence-electron chi connectivity index (χ1n) is 7.49. The highest BCUT2D eigenvalue weighted by Gasteiger charge is 2.27. The quantitative estimate of drug-likeness (QED) is 0.837. The van der Waals surface area contributed by atoms with Crippen LogP contribution >= 0.6 is 0 Å². The van der Waals surface area contributed by atoms with Gasteiger partial charge in [0.25, 0.3) is 0 Å². The highest BCUT2D eigenvalue weighted by Crippen LogP contribution is 2.16. The summed E-state index contributed by atoms with van der Waals surface area (Å²) in [4.78, 5) is 23.4. The van der Waals surface area contributed by atoms with Gasteiger partial charge in [-0.05, 0) is 30.7 Å². The first-order valence-corrected chi connectivity index (χ1v) is 7.49. The summed E-state index contributed by atoms with van der Waals surface area (Å²) in [6.07, 6.45) is 0.927. The van der Waals surface area contributed by atoms with E-state index in [1.807, 2.05) is 54.6 Å². The number of rotatable bonds is 2. The molecule has 0 radical (unpaired) electrons. The molecule has 2 aromatic carbocycles. The molecule has 0 spiro atoms. The summed E-state index contributed by atoms with van der Waals surface area (Å²) >= 11 is 0. The van der Waals surface area contributed by atoms with E-state index in [-0.39, 0.29) is 11.8 Å². The Morgan fingerprint density at radius 1 is 1.04 bits per heavy atom. The Kier molecular flexibility index (Phi) is 4.39. The maximum Gasteiger partial charge on any atom is 0.246 e. The van der Waals surface area contributed by atoms with Crippen LogP contribution < -0.4 is 10.6 Å². The third kappa shape index (κ3) is 3.78. The molecule has 4 nitrogen and oxygen atoms in total. The lowest BCUT2D eigenvalue weighted by Gasteiger charge is -2.12. The van der Waals surface area contributed by atoms with Crippen molar-refractivity contribution in [2.24, 2.45) is 0 Å². The van der Waals surface area contributed by atoms with Crippen LogP contribution in [0.4, 0.5) is 5.69 Å². The van der Waals surface area contributed by atoms with Gasteiger partial charge >= 0.3 is 0 Å². The summed E-state index contributed by atoms with van der Waals surface area (Å²) < 4.78 is 0. The summed E-state index contributed by atoms with van der Waals surface area (Å²) in [6.45, 7) is 0. The molecular weight excluding hydrogens is 288 g/mol. The first-order chi connectivity index (χ1) is 11.2. The topological polar surface area (TPSA) is 58.2 Å². The summed E-state index contributed by atoms with van der Waals surface area (Å²) in [7, 11) is 0. The number of para-hydroxylation sites is 1. The van der Waals surface area contributed by atoms with Gasteiger partial charge in [0.15, 0.2) is 0 Å². The molecule has 0 saturated carbocycles. The fourth-order valence-electron chi connectivity index (χ4n) is 2.39. The number of carbonyl (C=O) groups excluding carboxylic acids is 2. The number of nitrogens with one attached hydrogen (secondary N) is 2. The molecule has 23 heavy (non-hydrogen) atoms. The Morgan fingerprint density at radius 2 is 1.78 bits per heavy atom. The van der Waals surface area contributed by atoms with Crippen LogP contribution in [0.15, 0.2) is 54.6 Å². The van der Waals surface area contributed by atoms with Gasteiger partial charge < -0.3 is 10.6 Å².